The van der Waals surface area contributed by atoms with E-state index in [4.69, 9.17) is 5.11 Å². The van der Waals surface area contributed by atoms with Gasteiger partial charge in [0.1, 0.15) is 0 Å². The van der Waals surface area contributed by atoms with Gasteiger partial charge in [-0.2, -0.15) is 0 Å². The van der Waals surface area contributed by atoms with Crippen LogP contribution < -0.4 is 5.32 Å². The topological polar surface area (TPSA) is 66.4 Å². The third-order valence-corrected chi connectivity index (χ3v) is 6.36. The molecule has 4 saturated carbocycles. The Morgan fingerprint density at radius 3 is 2.04 bits per heavy atom. The minimum absolute atomic E-state index is 0.128. The molecule has 0 spiro atoms. The summed E-state index contributed by atoms with van der Waals surface area (Å²) in [6, 6.07) is 7.63. The Balaban J connectivity index is 1.42. The van der Waals surface area contributed by atoms with E-state index >= 15 is 0 Å². The van der Waals surface area contributed by atoms with Crippen LogP contribution >= 0.6 is 0 Å². The molecule has 24 heavy (non-hydrogen) atoms. The largest absolute Gasteiger partial charge is 0.481 e. The molecular formula is C20H25NO3. The minimum Gasteiger partial charge on any atom is -0.481 e. The van der Waals surface area contributed by atoms with Crippen molar-refractivity contribution in [2.24, 2.45) is 23.2 Å². The van der Waals surface area contributed by atoms with Crippen molar-refractivity contribution in [3.63, 3.8) is 0 Å². The maximum atomic E-state index is 13.0. The zero-order valence-electron chi connectivity index (χ0n) is 14.0. The van der Waals surface area contributed by atoms with E-state index in [1.165, 1.54) is 19.3 Å². The average molecular weight is 327 g/mol. The molecule has 0 radical (unpaired) electrons. The first-order valence-corrected chi connectivity index (χ1v) is 9.15. The summed E-state index contributed by atoms with van der Waals surface area (Å²) in [5.41, 5.74) is 1.69. The molecule has 128 valence electrons. The van der Waals surface area contributed by atoms with Crippen molar-refractivity contribution in [2.45, 2.75) is 51.4 Å². The summed E-state index contributed by atoms with van der Waals surface area (Å²) >= 11 is 0. The van der Waals surface area contributed by atoms with Crippen LogP contribution in [0.4, 0.5) is 5.69 Å². The van der Waals surface area contributed by atoms with Crippen LogP contribution in [0.3, 0.4) is 0 Å². The summed E-state index contributed by atoms with van der Waals surface area (Å²) in [6.45, 7) is 0. The van der Waals surface area contributed by atoms with Crippen LogP contribution in [0.2, 0.25) is 0 Å². The highest BCUT2D eigenvalue weighted by Crippen LogP contribution is 2.60. The predicted molar refractivity (Wildman–Crippen MR) is 91.6 cm³/mol. The predicted octanol–water partition coefficient (Wildman–Crippen LogP) is 3.86. The molecule has 1 aromatic carbocycles. The van der Waals surface area contributed by atoms with Gasteiger partial charge < -0.3 is 10.4 Å². The molecule has 0 atom stereocenters. The van der Waals surface area contributed by atoms with Crippen LogP contribution in [-0.4, -0.2) is 17.0 Å². The van der Waals surface area contributed by atoms with E-state index in [1.54, 1.807) is 0 Å². The molecule has 4 fully saturated rings. The van der Waals surface area contributed by atoms with Gasteiger partial charge in [0.2, 0.25) is 5.91 Å². The number of carbonyl (C=O) groups excluding carboxylic acids is 1. The third kappa shape index (κ3) is 2.94. The second kappa shape index (κ2) is 5.91. The lowest BCUT2D eigenvalue weighted by Gasteiger charge is -2.55. The molecule has 4 aliphatic rings. The van der Waals surface area contributed by atoms with Gasteiger partial charge in [-0.3, -0.25) is 9.59 Å². The van der Waals surface area contributed by atoms with Crippen LogP contribution in [0, 0.1) is 23.2 Å². The second-order valence-electron chi connectivity index (χ2n) is 8.24. The van der Waals surface area contributed by atoms with Crippen LogP contribution in [0.1, 0.15) is 50.5 Å². The summed E-state index contributed by atoms with van der Waals surface area (Å²) in [4.78, 5) is 23.6. The van der Waals surface area contributed by atoms with Crippen LogP contribution in [-0.2, 0) is 16.0 Å². The number of hydrogen-bond acceptors (Lipinski definition) is 2. The SMILES string of the molecule is O=C(O)CCc1ccc(NC(=O)C23CC4CC(CC(C4)C2)C3)cc1. The van der Waals surface area contributed by atoms with E-state index in [-0.39, 0.29) is 17.7 Å². The average Bonchev–Trinajstić information content (AvgIpc) is 2.53. The maximum Gasteiger partial charge on any atom is 0.303 e. The Hall–Kier alpha value is -1.84. The highest BCUT2D eigenvalue weighted by molar-refractivity contribution is 5.95. The Labute approximate surface area is 142 Å². The van der Waals surface area contributed by atoms with Crippen LogP contribution in [0.25, 0.3) is 0 Å². The fourth-order valence-electron chi connectivity index (χ4n) is 5.66. The number of amides is 1. The maximum absolute atomic E-state index is 13.0. The van der Waals surface area contributed by atoms with Crippen molar-refractivity contribution in [1.82, 2.24) is 0 Å². The Kier molecular flexibility index (Phi) is 3.86. The van der Waals surface area contributed by atoms with Crippen molar-refractivity contribution in [1.29, 1.82) is 0 Å². The van der Waals surface area contributed by atoms with Gasteiger partial charge in [-0.15, -0.1) is 0 Å². The number of rotatable bonds is 5. The molecule has 2 N–H and O–H groups in total. The number of carbonyl (C=O) groups is 2. The quantitative estimate of drug-likeness (QED) is 0.863. The van der Waals surface area contributed by atoms with Crippen molar-refractivity contribution in [3.8, 4) is 0 Å². The van der Waals surface area contributed by atoms with E-state index in [9.17, 15) is 9.59 Å². The van der Waals surface area contributed by atoms with Gasteiger partial charge in [0.15, 0.2) is 0 Å². The molecule has 5 rings (SSSR count). The first-order valence-electron chi connectivity index (χ1n) is 9.15. The second-order valence-corrected chi connectivity index (χ2v) is 8.24. The smallest absolute Gasteiger partial charge is 0.303 e. The fraction of sp³-hybridized carbons (Fsp3) is 0.600. The number of carboxylic acid groups (broad SMARTS) is 1. The van der Waals surface area contributed by atoms with Gasteiger partial charge in [0, 0.05) is 12.1 Å². The minimum atomic E-state index is -0.783. The van der Waals surface area contributed by atoms with Gasteiger partial charge in [0.05, 0.1) is 5.41 Å². The van der Waals surface area contributed by atoms with Gasteiger partial charge in [0.25, 0.3) is 0 Å². The van der Waals surface area contributed by atoms with Crippen LogP contribution in [0.15, 0.2) is 24.3 Å². The monoisotopic (exact) mass is 327 g/mol. The van der Waals surface area contributed by atoms with E-state index < -0.39 is 5.97 Å². The lowest BCUT2D eigenvalue weighted by Crippen LogP contribution is -2.51. The zero-order chi connectivity index (χ0) is 16.7. The summed E-state index contributed by atoms with van der Waals surface area (Å²) in [5, 5.41) is 11.9. The van der Waals surface area contributed by atoms with E-state index in [0.717, 1.165) is 48.3 Å². The lowest BCUT2D eigenvalue weighted by atomic mass is 9.49. The number of aliphatic carboxylic acids is 1. The van der Waals surface area contributed by atoms with E-state index in [0.29, 0.717) is 6.42 Å². The van der Waals surface area contributed by atoms with Crippen molar-refractivity contribution < 1.29 is 14.7 Å². The highest BCUT2D eigenvalue weighted by atomic mass is 16.4. The molecule has 1 amide bonds. The van der Waals surface area contributed by atoms with Gasteiger partial charge in [-0.05, 0) is 80.4 Å². The molecule has 1 aromatic rings. The number of anilines is 1. The fourth-order valence-corrected chi connectivity index (χ4v) is 5.66. The summed E-state index contributed by atoms with van der Waals surface area (Å²) in [7, 11) is 0. The van der Waals surface area contributed by atoms with E-state index in [2.05, 4.69) is 5.32 Å². The third-order valence-electron chi connectivity index (χ3n) is 6.36. The Morgan fingerprint density at radius 1 is 1.00 bits per heavy atom. The van der Waals surface area contributed by atoms with Gasteiger partial charge in [-0.25, -0.2) is 0 Å². The first-order chi connectivity index (χ1) is 11.5. The molecule has 0 aromatic heterocycles. The van der Waals surface area contributed by atoms with Gasteiger partial charge in [-0.1, -0.05) is 12.1 Å². The number of hydrogen-bond donors (Lipinski definition) is 2. The Morgan fingerprint density at radius 2 is 1.54 bits per heavy atom. The summed E-state index contributed by atoms with van der Waals surface area (Å²) < 4.78 is 0. The molecule has 0 saturated heterocycles. The summed E-state index contributed by atoms with van der Waals surface area (Å²) in [6.07, 6.45) is 7.89. The molecular weight excluding hydrogens is 302 g/mol. The standard InChI is InChI=1S/C20H25NO3/c22-18(23)6-3-13-1-4-17(5-2-13)21-19(24)20-10-14-7-15(11-20)9-16(8-14)12-20/h1-2,4-5,14-16H,3,6-12H2,(H,21,24)(H,22,23). The molecule has 4 aliphatic carbocycles. The lowest BCUT2D eigenvalue weighted by molar-refractivity contribution is -0.140. The molecule has 0 aliphatic heterocycles. The summed E-state index contributed by atoms with van der Waals surface area (Å²) in [5.74, 6) is 1.72. The zero-order valence-corrected chi connectivity index (χ0v) is 14.0. The number of aryl methyl sites for hydroxylation is 1. The van der Waals surface area contributed by atoms with Crippen LogP contribution in [0.5, 0.6) is 0 Å². The number of nitrogens with one attached hydrogen (secondary N) is 1. The van der Waals surface area contributed by atoms with Crippen molar-refractivity contribution >= 4 is 17.6 Å². The molecule has 0 heterocycles. The van der Waals surface area contributed by atoms with Crippen molar-refractivity contribution in [3.05, 3.63) is 29.8 Å². The Bertz CT molecular complexity index is 614. The number of carboxylic acids is 1. The number of benzene rings is 1. The van der Waals surface area contributed by atoms with Crippen molar-refractivity contribution in [2.75, 3.05) is 5.32 Å². The molecule has 4 nitrogen and oxygen atoms in total. The van der Waals surface area contributed by atoms with E-state index in [1.807, 2.05) is 24.3 Å². The molecule has 4 heteroatoms. The molecule has 4 bridgehead atoms. The molecule has 0 unspecified atom stereocenters. The normalized spacial score (nSPS) is 33.4. The first kappa shape index (κ1) is 15.7. The van der Waals surface area contributed by atoms with Gasteiger partial charge >= 0.3 is 5.97 Å². The highest BCUT2D eigenvalue weighted by Gasteiger charge is 2.54.